The summed E-state index contributed by atoms with van der Waals surface area (Å²) >= 11 is 0. The van der Waals surface area contributed by atoms with Crippen LogP contribution in [0.4, 0.5) is 0 Å². The van der Waals surface area contributed by atoms with E-state index in [1.165, 1.54) is 0 Å². The third-order valence-corrected chi connectivity index (χ3v) is 6.58. The first kappa shape index (κ1) is 30.8. The van der Waals surface area contributed by atoms with Crippen molar-refractivity contribution in [1.82, 2.24) is 0 Å². The smallest absolute Gasteiger partial charge is 0.144 e. The Bertz CT molecular complexity index is 1390. The summed E-state index contributed by atoms with van der Waals surface area (Å²) in [6, 6.07) is 25.7. The molecule has 5 nitrogen and oxygen atoms in total. The van der Waals surface area contributed by atoms with Crippen LogP contribution in [0.15, 0.2) is 139 Å². The molecule has 0 fully saturated rings. The summed E-state index contributed by atoms with van der Waals surface area (Å²) in [4.78, 5) is 0. The second-order valence-electron chi connectivity index (χ2n) is 9.31. The third-order valence-electron chi connectivity index (χ3n) is 6.58. The van der Waals surface area contributed by atoms with Crippen LogP contribution in [0.5, 0.6) is 11.5 Å². The topological polar surface area (TPSA) is 73.9 Å². The molecule has 1 unspecified atom stereocenters. The van der Waals surface area contributed by atoms with Gasteiger partial charge in [-0.2, -0.15) is 0 Å². The summed E-state index contributed by atoms with van der Waals surface area (Å²) in [7, 11) is 3.28. The summed E-state index contributed by atoms with van der Waals surface area (Å²) in [5.41, 5.74) is 9.95. The van der Waals surface area contributed by atoms with Crippen molar-refractivity contribution in [2.75, 3.05) is 20.8 Å². The van der Waals surface area contributed by atoms with Crippen LogP contribution in [0.1, 0.15) is 23.6 Å². The van der Waals surface area contributed by atoms with E-state index in [0.717, 1.165) is 33.8 Å². The van der Waals surface area contributed by atoms with Crippen molar-refractivity contribution in [3.8, 4) is 23.8 Å². The van der Waals surface area contributed by atoms with Crippen molar-refractivity contribution in [2.45, 2.75) is 18.6 Å². The molecule has 0 aliphatic rings. The quantitative estimate of drug-likeness (QED) is 0.146. The van der Waals surface area contributed by atoms with E-state index >= 15 is 0 Å². The first-order valence-electron chi connectivity index (χ1n) is 13.1. The molecular formula is C36H37NO4. The highest BCUT2D eigenvalue weighted by atomic mass is 16.5. The van der Waals surface area contributed by atoms with Crippen LogP contribution in [0, 0.1) is 12.3 Å². The molecule has 210 valence electrons. The van der Waals surface area contributed by atoms with Crippen LogP contribution in [-0.2, 0) is 10.3 Å². The number of allylic oxidation sites excluding steroid dienone is 5. The molecule has 0 aromatic heterocycles. The number of benzene rings is 3. The monoisotopic (exact) mass is 547 g/mol. The van der Waals surface area contributed by atoms with Gasteiger partial charge in [0.1, 0.15) is 17.1 Å². The molecule has 0 spiro atoms. The zero-order valence-corrected chi connectivity index (χ0v) is 23.8. The third kappa shape index (κ3) is 7.89. The Morgan fingerprint density at radius 1 is 0.902 bits per heavy atom. The fraction of sp³-hybridized carbons (Fsp3) is 0.167. The van der Waals surface area contributed by atoms with Crippen LogP contribution >= 0.6 is 0 Å². The van der Waals surface area contributed by atoms with E-state index in [4.69, 9.17) is 26.4 Å². The molecule has 3 aromatic rings. The molecule has 0 saturated carbocycles. The molecular weight excluding hydrogens is 510 g/mol. The van der Waals surface area contributed by atoms with Crippen LogP contribution in [-0.4, -0.2) is 32.0 Å². The number of methoxy groups -OCH3 is 2. The minimum atomic E-state index is -0.977. The van der Waals surface area contributed by atoms with Crippen LogP contribution in [0.2, 0.25) is 0 Å². The molecule has 41 heavy (non-hydrogen) atoms. The van der Waals surface area contributed by atoms with E-state index in [2.05, 4.69) is 12.5 Å². The Labute approximate surface area is 243 Å². The SMILES string of the molecule is C#C/C=C\C=C(/C)C(O)C(=C)/C=C\C=C(/N)COC(c1ccccc1)(c1ccc(OC)cc1)c1ccc(OC)cc1. The van der Waals surface area contributed by atoms with E-state index in [1.807, 2.05) is 85.8 Å². The van der Waals surface area contributed by atoms with Gasteiger partial charge in [-0.1, -0.05) is 91.4 Å². The number of terminal acetylenes is 1. The first-order chi connectivity index (χ1) is 19.8. The van der Waals surface area contributed by atoms with Crippen molar-refractivity contribution >= 4 is 0 Å². The molecule has 0 aliphatic carbocycles. The highest BCUT2D eigenvalue weighted by Crippen LogP contribution is 2.41. The molecule has 0 saturated heterocycles. The summed E-state index contributed by atoms with van der Waals surface area (Å²) in [5.74, 6) is 3.90. The molecule has 0 heterocycles. The van der Waals surface area contributed by atoms with Gasteiger partial charge in [-0.05, 0) is 71.2 Å². The molecule has 5 heteroatoms. The summed E-state index contributed by atoms with van der Waals surface area (Å²) in [5, 5.41) is 10.5. The lowest BCUT2D eigenvalue weighted by atomic mass is 9.80. The molecule has 3 aromatic carbocycles. The maximum Gasteiger partial charge on any atom is 0.144 e. The second-order valence-corrected chi connectivity index (χ2v) is 9.31. The Balaban J connectivity index is 1.95. The summed E-state index contributed by atoms with van der Waals surface area (Å²) in [6.45, 7) is 5.91. The normalized spacial score (nSPS) is 13.2. The van der Waals surface area contributed by atoms with Gasteiger partial charge in [-0.25, -0.2) is 0 Å². The molecule has 1 atom stereocenters. The number of hydrogen-bond acceptors (Lipinski definition) is 5. The molecule has 0 amide bonds. The minimum Gasteiger partial charge on any atom is -0.497 e. The molecule has 3 rings (SSSR count). The molecule has 0 radical (unpaired) electrons. The van der Waals surface area contributed by atoms with Gasteiger partial charge >= 0.3 is 0 Å². The Morgan fingerprint density at radius 3 is 1.95 bits per heavy atom. The highest BCUT2D eigenvalue weighted by molar-refractivity contribution is 5.50. The van der Waals surface area contributed by atoms with Crippen molar-refractivity contribution in [1.29, 1.82) is 0 Å². The summed E-state index contributed by atoms with van der Waals surface area (Å²) in [6.07, 6.45) is 14.6. The van der Waals surface area contributed by atoms with E-state index in [-0.39, 0.29) is 6.61 Å². The van der Waals surface area contributed by atoms with Gasteiger partial charge in [0, 0.05) is 5.70 Å². The van der Waals surface area contributed by atoms with Crippen LogP contribution < -0.4 is 15.2 Å². The second kappa shape index (κ2) is 15.1. The van der Waals surface area contributed by atoms with E-state index in [0.29, 0.717) is 11.3 Å². The fourth-order valence-corrected chi connectivity index (χ4v) is 4.34. The fourth-order valence-electron chi connectivity index (χ4n) is 4.34. The standard InChI is InChI=1S/C36H37NO4/c1-6-7-9-13-27(2)35(38)28(3)14-12-17-32(37)26-41-36(29-15-10-8-11-16-29,30-18-22-33(39-4)23-19-30)31-20-24-34(40-5)25-21-31/h1,7-25,35,38H,3,26,37H2,2,4-5H3/b9-7-,14-12-,27-13+,32-17-. The van der Waals surface area contributed by atoms with Gasteiger partial charge in [0.25, 0.3) is 0 Å². The van der Waals surface area contributed by atoms with Gasteiger partial charge in [-0.15, -0.1) is 6.42 Å². The Hall–Kier alpha value is -4.76. The van der Waals surface area contributed by atoms with Gasteiger partial charge in [0.2, 0.25) is 0 Å². The van der Waals surface area contributed by atoms with E-state index < -0.39 is 11.7 Å². The lowest BCUT2D eigenvalue weighted by Gasteiger charge is -2.36. The molecule has 3 N–H and O–H groups in total. The average molecular weight is 548 g/mol. The van der Waals surface area contributed by atoms with Crippen molar-refractivity contribution in [2.24, 2.45) is 5.73 Å². The van der Waals surface area contributed by atoms with Crippen LogP contribution in [0.3, 0.4) is 0 Å². The predicted molar refractivity (Wildman–Crippen MR) is 167 cm³/mol. The minimum absolute atomic E-state index is 0.127. The van der Waals surface area contributed by atoms with E-state index in [9.17, 15) is 5.11 Å². The largest absolute Gasteiger partial charge is 0.497 e. The number of ether oxygens (including phenoxy) is 3. The average Bonchev–Trinajstić information content (AvgIpc) is 3.02. The zero-order valence-electron chi connectivity index (χ0n) is 23.8. The maximum absolute atomic E-state index is 10.5. The molecule has 0 bridgehead atoms. The van der Waals surface area contributed by atoms with Gasteiger partial charge in [0.05, 0.1) is 26.9 Å². The first-order valence-corrected chi connectivity index (χ1v) is 13.1. The lowest BCUT2D eigenvalue weighted by molar-refractivity contribution is 0.0273. The van der Waals surface area contributed by atoms with Crippen LogP contribution in [0.25, 0.3) is 0 Å². The van der Waals surface area contributed by atoms with E-state index in [1.54, 1.807) is 50.7 Å². The van der Waals surface area contributed by atoms with Gasteiger partial charge in [-0.3, -0.25) is 0 Å². The molecule has 0 aliphatic heterocycles. The van der Waals surface area contributed by atoms with Gasteiger partial charge in [0.15, 0.2) is 0 Å². The Morgan fingerprint density at radius 2 is 1.44 bits per heavy atom. The maximum atomic E-state index is 10.5. The Kier molecular flexibility index (Phi) is 11.4. The lowest BCUT2D eigenvalue weighted by Crippen LogP contribution is -2.34. The van der Waals surface area contributed by atoms with Crippen molar-refractivity contribution < 1.29 is 19.3 Å². The number of hydrogen-bond donors (Lipinski definition) is 2. The number of aliphatic hydroxyl groups excluding tert-OH is 1. The van der Waals surface area contributed by atoms with Crippen molar-refractivity contribution in [3.63, 3.8) is 0 Å². The number of nitrogens with two attached hydrogens (primary N) is 1. The highest BCUT2D eigenvalue weighted by Gasteiger charge is 2.38. The van der Waals surface area contributed by atoms with Crippen molar-refractivity contribution in [3.05, 3.63) is 155 Å². The predicted octanol–water partition coefficient (Wildman–Crippen LogP) is 6.46. The van der Waals surface area contributed by atoms with Gasteiger partial charge < -0.3 is 25.1 Å². The number of rotatable bonds is 13. The number of aliphatic hydroxyl groups is 1. The zero-order chi connectivity index (χ0) is 29.7. The summed E-state index contributed by atoms with van der Waals surface area (Å²) < 4.78 is 17.6.